The van der Waals surface area contributed by atoms with Crippen LogP contribution in [0, 0.1) is 0 Å². The molecule has 0 aliphatic heterocycles. The highest BCUT2D eigenvalue weighted by Gasteiger charge is 2.46. The van der Waals surface area contributed by atoms with Gasteiger partial charge in [-0.05, 0) is 12.8 Å². The first-order chi connectivity index (χ1) is 4.79. The molecular formula is C7H15NO2. The Labute approximate surface area is 61.5 Å². The summed E-state index contributed by atoms with van der Waals surface area (Å²) in [5, 5.41) is 0. The quantitative estimate of drug-likeness (QED) is 0.614. The maximum atomic E-state index is 5.54. The van der Waals surface area contributed by atoms with Gasteiger partial charge in [0.05, 0.1) is 6.10 Å². The Morgan fingerprint density at radius 3 is 2.40 bits per heavy atom. The number of methoxy groups -OCH3 is 2. The zero-order valence-electron chi connectivity index (χ0n) is 6.59. The maximum absolute atomic E-state index is 5.54. The highest BCUT2D eigenvalue weighted by molar-refractivity contribution is 4.99. The van der Waals surface area contributed by atoms with Gasteiger partial charge in [-0.15, -0.1) is 0 Å². The third-order valence-corrected chi connectivity index (χ3v) is 2.45. The molecule has 0 radical (unpaired) electrons. The van der Waals surface area contributed by atoms with Gasteiger partial charge in [-0.2, -0.15) is 0 Å². The molecule has 1 aliphatic carbocycles. The van der Waals surface area contributed by atoms with Crippen LogP contribution in [0.4, 0.5) is 0 Å². The number of rotatable bonds is 3. The van der Waals surface area contributed by atoms with E-state index >= 15 is 0 Å². The second-order valence-electron chi connectivity index (χ2n) is 2.74. The van der Waals surface area contributed by atoms with Crippen LogP contribution in [0.15, 0.2) is 0 Å². The van der Waals surface area contributed by atoms with E-state index in [0.717, 1.165) is 12.8 Å². The van der Waals surface area contributed by atoms with Crippen molar-refractivity contribution in [1.82, 2.24) is 0 Å². The fourth-order valence-corrected chi connectivity index (χ4v) is 1.47. The van der Waals surface area contributed by atoms with Gasteiger partial charge in [0.25, 0.3) is 0 Å². The molecule has 0 heterocycles. The van der Waals surface area contributed by atoms with Crippen molar-refractivity contribution in [3.63, 3.8) is 0 Å². The number of nitrogens with two attached hydrogens (primary N) is 1. The van der Waals surface area contributed by atoms with Gasteiger partial charge in [-0.25, -0.2) is 0 Å². The van der Waals surface area contributed by atoms with Gasteiger partial charge >= 0.3 is 0 Å². The molecule has 2 unspecified atom stereocenters. The Balaban J connectivity index is 2.48. The highest BCUT2D eigenvalue weighted by Crippen LogP contribution is 2.36. The Kier molecular flexibility index (Phi) is 2.28. The summed E-state index contributed by atoms with van der Waals surface area (Å²) < 4.78 is 10.5. The van der Waals surface area contributed by atoms with Crippen molar-refractivity contribution in [3.8, 4) is 0 Å². The summed E-state index contributed by atoms with van der Waals surface area (Å²) in [4.78, 5) is 0. The van der Waals surface area contributed by atoms with Crippen LogP contribution in [0.3, 0.4) is 0 Å². The summed E-state index contributed by atoms with van der Waals surface area (Å²) in [7, 11) is 3.39. The van der Waals surface area contributed by atoms with Gasteiger partial charge in [-0.3, -0.25) is 0 Å². The molecule has 0 aromatic rings. The summed E-state index contributed by atoms with van der Waals surface area (Å²) in [6.07, 6.45) is 2.31. The molecule has 2 N–H and O–H groups in total. The molecule has 1 fully saturated rings. The molecule has 0 amide bonds. The monoisotopic (exact) mass is 145 g/mol. The molecule has 2 atom stereocenters. The van der Waals surface area contributed by atoms with E-state index < -0.39 is 0 Å². The van der Waals surface area contributed by atoms with Gasteiger partial charge < -0.3 is 15.2 Å². The van der Waals surface area contributed by atoms with Gasteiger partial charge in [0.2, 0.25) is 0 Å². The predicted octanol–water partition coefficient (Wildman–Crippen LogP) is 0.139. The average molecular weight is 145 g/mol. The van der Waals surface area contributed by atoms with Crippen LogP contribution in [0.25, 0.3) is 0 Å². The SMILES string of the molecule is COC1CCC1(CN)OC. The molecular weight excluding hydrogens is 130 g/mol. The lowest BCUT2D eigenvalue weighted by Gasteiger charge is -2.46. The van der Waals surface area contributed by atoms with E-state index in [1.165, 1.54) is 0 Å². The van der Waals surface area contributed by atoms with E-state index in [9.17, 15) is 0 Å². The topological polar surface area (TPSA) is 44.5 Å². The van der Waals surface area contributed by atoms with Crippen LogP contribution in [-0.4, -0.2) is 32.5 Å². The summed E-state index contributed by atoms with van der Waals surface area (Å²) in [5.41, 5.74) is 5.37. The summed E-state index contributed by atoms with van der Waals surface area (Å²) in [6, 6.07) is 0. The molecule has 0 aromatic carbocycles. The summed E-state index contributed by atoms with van der Waals surface area (Å²) in [6.45, 7) is 0.558. The molecule has 0 spiro atoms. The minimum absolute atomic E-state index is 0.172. The van der Waals surface area contributed by atoms with E-state index in [1.54, 1.807) is 14.2 Å². The van der Waals surface area contributed by atoms with Crippen molar-refractivity contribution >= 4 is 0 Å². The van der Waals surface area contributed by atoms with Crippen molar-refractivity contribution < 1.29 is 9.47 Å². The first kappa shape index (κ1) is 7.98. The van der Waals surface area contributed by atoms with Crippen LogP contribution in [0.1, 0.15) is 12.8 Å². The highest BCUT2D eigenvalue weighted by atomic mass is 16.5. The molecule has 3 heteroatoms. The zero-order chi connectivity index (χ0) is 7.61. The minimum atomic E-state index is -0.172. The Hall–Kier alpha value is -0.120. The molecule has 10 heavy (non-hydrogen) atoms. The van der Waals surface area contributed by atoms with Gasteiger partial charge in [-0.1, -0.05) is 0 Å². The van der Waals surface area contributed by atoms with Crippen LogP contribution in [-0.2, 0) is 9.47 Å². The van der Waals surface area contributed by atoms with E-state index in [4.69, 9.17) is 15.2 Å². The molecule has 0 saturated heterocycles. The van der Waals surface area contributed by atoms with Crippen LogP contribution < -0.4 is 5.73 Å². The Morgan fingerprint density at radius 1 is 1.60 bits per heavy atom. The second-order valence-corrected chi connectivity index (χ2v) is 2.74. The smallest absolute Gasteiger partial charge is 0.106 e. The van der Waals surface area contributed by atoms with Gasteiger partial charge in [0.15, 0.2) is 0 Å². The lowest BCUT2D eigenvalue weighted by atomic mass is 9.76. The molecule has 0 aromatic heterocycles. The number of ether oxygens (including phenoxy) is 2. The molecule has 1 aliphatic rings. The van der Waals surface area contributed by atoms with Crippen LogP contribution in [0.5, 0.6) is 0 Å². The normalized spacial score (nSPS) is 39.3. The molecule has 60 valence electrons. The third kappa shape index (κ3) is 0.944. The van der Waals surface area contributed by atoms with Crippen molar-refractivity contribution in [2.45, 2.75) is 24.5 Å². The average Bonchev–Trinajstić information content (AvgIpc) is 1.90. The van der Waals surface area contributed by atoms with Crippen molar-refractivity contribution in [1.29, 1.82) is 0 Å². The maximum Gasteiger partial charge on any atom is 0.106 e. The van der Waals surface area contributed by atoms with E-state index in [2.05, 4.69) is 0 Å². The minimum Gasteiger partial charge on any atom is -0.378 e. The molecule has 1 saturated carbocycles. The predicted molar refractivity (Wildman–Crippen MR) is 38.8 cm³/mol. The zero-order valence-corrected chi connectivity index (χ0v) is 6.59. The summed E-state index contributed by atoms with van der Waals surface area (Å²) in [5.74, 6) is 0. The fraction of sp³-hybridized carbons (Fsp3) is 1.00. The number of hydrogen-bond acceptors (Lipinski definition) is 3. The molecule has 1 rings (SSSR count). The summed E-state index contributed by atoms with van der Waals surface area (Å²) >= 11 is 0. The van der Waals surface area contributed by atoms with Crippen molar-refractivity contribution in [2.75, 3.05) is 20.8 Å². The van der Waals surface area contributed by atoms with E-state index in [-0.39, 0.29) is 11.7 Å². The van der Waals surface area contributed by atoms with Gasteiger partial charge in [0.1, 0.15) is 5.60 Å². The lowest BCUT2D eigenvalue weighted by Crippen LogP contribution is -2.58. The van der Waals surface area contributed by atoms with E-state index in [0.29, 0.717) is 6.54 Å². The second kappa shape index (κ2) is 2.86. The first-order valence-corrected chi connectivity index (χ1v) is 3.57. The lowest BCUT2D eigenvalue weighted by molar-refractivity contribution is -0.172. The first-order valence-electron chi connectivity index (χ1n) is 3.57. The standard InChI is InChI=1S/C7H15NO2/c1-9-6-3-4-7(6,5-8)10-2/h6H,3-5,8H2,1-2H3. The Bertz CT molecular complexity index is 105. The number of hydrogen-bond donors (Lipinski definition) is 1. The molecule has 3 nitrogen and oxygen atoms in total. The largest absolute Gasteiger partial charge is 0.378 e. The van der Waals surface area contributed by atoms with Crippen molar-refractivity contribution in [3.05, 3.63) is 0 Å². The van der Waals surface area contributed by atoms with E-state index in [1.807, 2.05) is 0 Å². The van der Waals surface area contributed by atoms with Crippen LogP contribution >= 0.6 is 0 Å². The third-order valence-electron chi connectivity index (χ3n) is 2.45. The fourth-order valence-electron chi connectivity index (χ4n) is 1.47. The van der Waals surface area contributed by atoms with Crippen LogP contribution in [0.2, 0.25) is 0 Å². The Morgan fingerprint density at radius 2 is 2.30 bits per heavy atom. The molecule has 0 bridgehead atoms. The van der Waals surface area contributed by atoms with Gasteiger partial charge in [0, 0.05) is 20.8 Å². The van der Waals surface area contributed by atoms with Crippen molar-refractivity contribution in [2.24, 2.45) is 5.73 Å².